The quantitative estimate of drug-likeness (QED) is 0.880. The van der Waals surface area contributed by atoms with Crippen LogP contribution in [0, 0.1) is 5.92 Å². The summed E-state index contributed by atoms with van der Waals surface area (Å²) in [7, 11) is 0. The van der Waals surface area contributed by atoms with Crippen molar-refractivity contribution >= 4 is 5.91 Å². The fourth-order valence-corrected chi connectivity index (χ4v) is 2.01. The van der Waals surface area contributed by atoms with Crippen molar-refractivity contribution in [2.75, 3.05) is 6.54 Å². The zero-order chi connectivity index (χ0) is 12.4. The minimum atomic E-state index is -0.0577. The molecule has 0 radical (unpaired) electrons. The Bertz CT molecular complexity index is 463. The van der Waals surface area contributed by atoms with Crippen LogP contribution in [0.15, 0.2) is 45.6 Å². The molecular formula is C14H15NO3. The van der Waals surface area contributed by atoms with Crippen LogP contribution in [0.1, 0.15) is 30.3 Å². The molecular weight excluding hydrogens is 230 g/mol. The summed E-state index contributed by atoms with van der Waals surface area (Å²) in [6, 6.07) is 7.48. The van der Waals surface area contributed by atoms with Gasteiger partial charge in [0, 0.05) is 12.5 Å². The van der Waals surface area contributed by atoms with Crippen molar-refractivity contribution < 1.29 is 13.6 Å². The van der Waals surface area contributed by atoms with Gasteiger partial charge in [-0.3, -0.25) is 4.79 Å². The van der Waals surface area contributed by atoms with Crippen molar-refractivity contribution in [3.63, 3.8) is 0 Å². The van der Waals surface area contributed by atoms with Crippen molar-refractivity contribution in [3.8, 4) is 0 Å². The molecule has 1 saturated carbocycles. The Labute approximate surface area is 105 Å². The van der Waals surface area contributed by atoms with E-state index in [1.165, 1.54) is 0 Å². The van der Waals surface area contributed by atoms with E-state index in [1.807, 2.05) is 24.3 Å². The summed E-state index contributed by atoms with van der Waals surface area (Å²) in [6.45, 7) is 0.510. The number of hydrogen-bond acceptors (Lipinski definition) is 3. The number of carbonyl (C=O) groups is 1. The van der Waals surface area contributed by atoms with Gasteiger partial charge in [0.2, 0.25) is 5.91 Å². The van der Waals surface area contributed by atoms with Crippen LogP contribution in [0.3, 0.4) is 0 Å². The van der Waals surface area contributed by atoms with Gasteiger partial charge in [-0.25, -0.2) is 0 Å². The Morgan fingerprint density at radius 3 is 2.28 bits per heavy atom. The molecule has 2 heterocycles. The summed E-state index contributed by atoms with van der Waals surface area (Å²) in [5.41, 5.74) is 0. The maximum Gasteiger partial charge on any atom is 0.223 e. The molecule has 0 atom stereocenters. The highest BCUT2D eigenvalue weighted by Gasteiger charge is 2.30. The Hall–Kier alpha value is -1.97. The van der Waals surface area contributed by atoms with Crippen LogP contribution >= 0.6 is 0 Å². The molecule has 0 aromatic carbocycles. The highest BCUT2D eigenvalue weighted by atomic mass is 16.3. The average Bonchev–Trinajstić information content (AvgIpc) is 2.89. The van der Waals surface area contributed by atoms with Crippen LogP contribution in [0.2, 0.25) is 0 Å². The second-order valence-electron chi connectivity index (χ2n) is 4.60. The maximum atomic E-state index is 11.7. The zero-order valence-corrected chi connectivity index (χ0v) is 9.96. The van der Waals surface area contributed by atoms with E-state index in [0.717, 1.165) is 24.4 Å². The smallest absolute Gasteiger partial charge is 0.223 e. The third-order valence-corrected chi connectivity index (χ3v) is 3.20. The summed E-state index contributed by atoms with van der Waals surface area (Å²) < 4.78 is 10.8. The predicted molar refractivity (Wildman–Crippen MR) is 65.0 cm³/mol. The van der Waals surface area contributed by atoms with Crippen molar-refractivity contribution in [2.45, 2.75) is 18.8 Å². The van der Waals surface area contributed by atoms with Gasteiger partial charge in [0.1, 0.15) is 11.5 Å². The van der Waals surface area contributed by atoms with Crippen molar-refractivity contribution in [1.29, 1.82) is 0 Å². The molecule has 1 amide bonds. The number of carbonyl (C=O) groups excluding carboxylic acids is 1. The van der Waals surface area contributed by atoms with E-state index in [1.54, 1.807) is 12.5 Å². The molecule has 3 rings (SSSR count). The molecule has 0 saturated heterocycles. The first-order chi connectivity index (χ1) is 8.84. The fraction of sp³-hybridized carbons (Fsp3) is 0.357. The lowest BCUT2D eigenvalue weighted by Crippen LogP contribution is -2.29. The third-order valence-electron chi connectivity index (χ3n) is 3.20. The second-order valence-corrected chi connectivity index (χ2v) is 4.60. The van der Waals surface area contributed by atoms with E-state index >= 15 is 0 Å². The number of furan rings is 2. The first kappa shape index (κ1) is 11.1. The fourth-order valence-electron chi connectivity index (χ4n) is 2.01. The molecule has 1 aliphatic rings. The van der Waals surface area contributed by atoms with Crippen LogP contribution in [-0.4, -0.2) is 12.5 Å². The summed E-state index contributed by atoms with van der Waals surface area (Å²) in [4.78, 5) is 11.7. The SMILES string of the molecule is O=C(NCC(c1ccco1)c1ccco1)C1CC1. The summed E-state index contributed by atoms with van der Waals surface area (Å²) in [6.07, 6.45) is 5.29. The van der Waals surface area contributed by atoms with Gasteiger partial charge in [-0.15, -0.1) is 0 Å². The van der Waals surface area contributed by atoms with E-state index in [-0.39, 0.29) is 17.7 Å². The van der Waals surface area contributed by atoms with E-state index in [2.05, 4.69) is 5.32 Å². The lowest BCUT2D eigenvalue weighted by molar-refractivity contribution is -0.122. The van der Waals surface area contributed by atoms with Crippen molar-refractivity contribution in [2.24, 2.45) is 5.92 Å². The van der Waals surface area contributed by atoms with Crippen LogP contribution in [0.25, 0.3) is 0 Å². The van der Waals surface area contributed by atoms with Gasteiger partial charge in [0.05, 0.1) is 18.4 Å². The van der Waals surface area contributed by atoms with E-state index in [0.29, 0.717) is 6.54 Å². The first-order valence-electron chi connectivity index (χ1n) is 6.19. The predicted octanol–water partition coefficient (Wildman–Crippen LogP) is 2.53. The molecule has 4 nitrogen and oxygen atoms in total. The van der Waals surface area contributed by atoms with Crippen molar-refractivity contribution in [3.05, 3.63) is 48.3 Å². The van der Waals surface area contributed by atoms with E-state index < -0.39 is 0 Å². The number of hydrogen-bond donors (Lipinski definition) is 1. The van der Waals surface area contributed by atoms with Gasteiger partial charge in [-0.2, -0.15) is 0 Å². The minimum Gasteiger partial charge on any atom is -0.469 e. The molecule has 4 heteroatoms. The minimum absolute atomic E-state index is 0.0577. The molecule has 1 aliphatic carbocycles. The molecule has 0 aliphatic heterocycles. The first-order valence-corrected chi connectivity index (χ1v) is 6.19. The monoisotopic (exact) mass is 245 g/mol. The van der Waals surface area contributed by atoms with Gasteiger partial charge in [0.15, 0.2) is 0 Å². The highest BCUT2D eigenvalue weighted by molar-refractivity contribution is 5.80. The van der Waals surface area contributed by atoms with Crippen molar-refractivity contribution in [1.82, 2.24) is 5.32 Å². The maximum absolute atomic E-state index is 11.7. The molecule has 0 unspecified atom stereocenters. The van der Waals surface area contributed by atoms with Crippen LogP contribution in [-0.2, 0) is 4.79 Å². The van der Waals surface area contributed by atoms with Crippen LogP contribution < -0.4 is 5.32 Å². The summed E-state index contributed by atoms with van der Waals surface area (Å²) in [5.74, 6) is 1.91. The summed E-state index contributed by atoms with van der Waals surface area (Å²) >= 11 is 0. The average molecular weight is 245 g/mol. The van der Waals surface area contributed by atoms with Gasteiger partial charge in [-0.05, 0) is 37.1 Å². The zero-order valence-electron chi connectivity index (χ0n) is 9.96. The third kappa shape index (κ3) is 2.32. The standard InChI is InChI=1S/C14H15NO3/c16-14(10-5-6-10)15-9-11(12-3-1-7-17-12)13-4-2-8-18-13/h1-4,7-8,10-11H,5-6,9H2,(H,15,16). The van der Waals surface area contributed by atoms with Gasteiger partial charge in [0.25, 0.3) is 0 Å². The molecule has 0 spiro atoms. The number of rotatable bonds is 5. The molecule has 2 aromatic rings. The Morgan fingerprint density at radius 2 is 1.83 bits per heavy atom. The lowest BCUT2D eigenvalue weighted by Gasteiger charge is -2.13. The normalized spacial score (nSPS) is 14.9. The van der Waals surface area contributed by atoms with E-state index in [4.69, 9.17) is 8.83 Å². The number of amides is 1. The Balaban J connectivity index is 1.71. The van der Waals surface area contributed by atoms with E-state index in [9.17, 15) is 4.79 Å². The molecule has 2 aromatic heterocycles. The Kier molecular flexibility index (Phi) is 2.92. The van der Waals surface area contributed by atoms with Crippen LogP contribution in [0.4, 0.5) is 0 Å². The molecule has 94 valence electrons. The van der Waals surface area contributed by atoms with Crippen LogP contribution in [0.5, 0.6) is 0 Å². The largest absolute Gasteiger partial charge is 0.469 e. The molecule has 18 heavy (non-hydrogen) atoms. The Morgan fingerprint density at radius 1 is 1.22 bits per heavy atom. The van der Waals surface area contributed by atoms with Gasteiger partial charge < -0.3 is 14.2 Å². The second kappa shape index (κ2) is 4.72. The van der Waals surface area contributed by atoms with Gasteiger partial charge >= 0.3 is 0 Å². The molecule has 0 bridgehead atoms. The molecule has 1 N–H and O–H groups in total. The van der Waals surface area contributed by atoms with Gasteiger partial charge in [-0.1, -0.05) is 0 Å². The summed E-state index contributed by atoms with van der Waals surface area (Å²) in [5, 5.41) is 2.96. The topological polar surface area (TPSA) is 55.4 Å². The number of nitrogens with one attached hydrogen (secondary N) is 1. The molecule has 1 fully saturated rings. The lowest BCUT2D eigenvalue weighted by atomic mass is 10.0. The highest BCUT2D eigenvalue weighted by Crippen LogP contribution is 2.30.